The summed E-state index contributed by atoms with van der Waals surface area (Å²) in [7, 11) is -3.86. The molecule has 19 heavy (non-hydrogen) atoms. The second-order valence-electron chi connectivity index (χ2n) is 4.67. The second-order valence-corrected chi connectivity index (χ2v) is 6.45. The Labute approximate surface area is 112 Å². The maximum Gasteiger partial charge on any atom is 0.267 e. The molecule has 1 aromatic carbocycles. The molecule has 1 heterocycles. The number of carbonyl (C=O) groups is 1. The molecule has 1 saturated heterocycles. The number of β-lactam (4-membered cyclic amide) rings is 1. The Hall–Kier alpha value is -1.40. The lowest BCUT2D eigenvalue weighted by atomic mass is 9.89. The third-order valence-electron chi connectivity index (χ3n) is 3.56. The third kappa shape index (κ3) is 2.04. The number of sulfonamides is 1. The van der Waals surface area contributed by atoms with E-state index in [4.69, 9.17) is 0 Å². The van der Waals surface area contributed by atoms with Gasteiger partial charge in [-0.15, -0.1) is 0 Å². The van der Waals surface area contributed by atoms with Crippen molar-refractivity contribution in [2.75, 3.05) is 6.61 Å². The minimum absolute atomic E-state index is 0.122. The summed E-state index contributed by atoms with van der Waals surface area (Å²) in [5.41, 5.74) is 0.590. The number of hydrogen-bond donors (Lipinski definition) is 1. The van der Waals surface area contributed by atoms with Crippen LogP contribution in [0.4, 0.5) is 0 Å². The predicted molar refractivity (Wildman–Crippen MR) is 69.9 cm³/mol. The fourth-order valence-corrected chi connectivity index (χ4v) is 4.35. The van der Waals surface area contributed by atoms with Crippen molar-refractivity contribution in [3.63, 3.8) is 0 Å². The summed E-state index contributed by atoms with van der Waals surface area (Å²) in [6.45, 7) is 3.15. The van der Waals surface area contributed by atoms with E-state index >= 15 is 0 Å². The molecule has 1 fully saturated rings. The van der Waals surface area contributed by atoms with Gasteiger partial charge in [-0.1, -0.05) is 25.1 Å². The molecule has 1 aromatic rings. The van der Waals surface area contributed by atoms with Crippen molar-refractivity contribution in [1.29, 1.82) is 0 Å². The molecule has 1 aliphatic heterocycles. The molecule has 1 aliphatic rings. The average molecular weight is 283 g/mol. The Morgan fingerprint density at radius 3 is 2.47 bits per heavy atom. The van der Waals surface area contributed by atoms with Crippen LogP contribution >= 0.6 is 0 Å². The molecule has 0 saturated carbocycles. The summed E-state index contributed by atoms with van der Waals surface area (Å²) in [6.07, 6.45) is 0.532. The van der Waals surface area contributed by atoms with Crippen LogP contribution in [0.25, 0.3) is 0 Å². The average Bonchev–Trinajstić information content (AvgIpc) is 2.36. The van der Waals surface area contributed by atoms with Crippen molar-refractivity contribution >= 4 is 15.9 Å². The number of rotatable bonds is 4. The van der Waals surface area contributed by atoms with Gasteiger partial charge in [0.2, 0.25) is 5.91 Å². The number of hydrogen-bond acceptors (Lipinski definition) is 4. The first-order valence-corrected chi connectivity index (χ1v) is 7.64. The smallest absolute Gasteiger partial charge is 0.267 e. The largest absolute Gasteiger partial charge is 0.394 e. The van der Waals surface area contributed by atoms with Gasteiger partial charge in [0.25, 0.3) is 10.0 Å². The lowest BCUT2D eigenvalue weighted by molar-refractivity contribution is -0.148. The highest BCUT2D eigenvalue weighted by molar-refractivity contribution is 7.89. The monoisotopic (exact) mass is 283 g/mol. The van der Waals surface area contributed by atoms with Crippen LogP contribution in [0, 0.1) is 12.8 Å². The molecule has 0 unspecified atom stereocenters. The maximum absolute atomic E-state index is 12.5. The standard InChI is InChI=1S/C13H17NO4S/c1-3-10-11(8-15)14(13(10)16)19(17,18)12-7-5-4-6-9(12)2/h4-7,10-11,15H,3,8H2,1-2H3/t10-,11+/m0/s1. The van der Waals surface area contributed by atoms with Gasteiger partial charge in [-0.25, -0.2) is 12.7 Å². The van der Waals surface area contributed by atoms with Crippen molar-refractivity contribution in [2.45, 2.75) is 31.2 Å². The van der Waals surface area contributed by atoms with Crippen molar-refractivity contribution < 1.29 is 18.3 Å². The molecule has 0 spiro atoms. The number of carbonyl (C=O) groups excluding carboxylic acids is 1. The first-order valence-electron chi connectivity index (χ1n) is 6.20. The summed E-state index contributed by atoms with van der Waals surface area (Å²) in [6, 6.07) is 5.88. The molecule has 5 nitrogen and oxygen atoms in total. The Balaban J connectivity index is 2.42. The molecule has 0 bridgehead atoms. The van der Waals surface area contributed by atoms with E-state index in [0.29, 0.717) is 12.0 Å². The van der Waals surface area contributed by atoms with E-state index in [1.807, 2.05) is 6.92 Å². The number of benzene rings is 1. The zero-order valence-corrected chi connectivity index (χ0v) is 11.7. The van der Waals surface area contributed by atoms with Gasteiger partial charge in [0.05, 0.1) is 23.5 Å². The van der Waals surface area contributed by atoms with Crippen LogP contribution in [-0.4, -0.2) is 36.4 Å². The van der Waals surface area contributed by atoms with Crippen molar-refractivity contribution in [3.8, 4) is 0 Å². The van der Waals surface area contributed by atoms with E-state index in [1.165, 1.54) is 6.07 Å². The Bertz CT molecular complexity index is 596. The number of aliphatic hydroxyl groups excluding tert-OH is 1. The number of aliphatic hydroxyl groups is 1. The van der Waals surface area contributed by atoms with Gasteiger partial charge in [0.15, 0.2) is 0 Å². The maximum atomic E-state index is 12.5. The van der Waals surface area contributed by atoms with E-state index in [1.54, 1.807) is 25.1 Å². The minimum atomic E-state index is -3.86. The van der Waals surface area contributed by atoms with Crippen LogP contribution in [0.1, 0.15) is 18.9 Å². The molecule has 0 aliphatic carbocycles. The van der Waals surface area contributed by atoms with Gasteiger partial charge >= 0.3 is 0 Å². The van der Waals surface area contributed by atoms with Crippen molar-refractivity contribution in [3.05, 3.63) is 29.8 Å². The molecular formula is C13H17NO4S. The van der Waals surface area contributed by atoms with Crippen LogP contribution in [0.3, 0.4) is 0 Å². The van der Waals surface area contributed by atoms with E-state index in [9.17, 15) is 18.3 Å². The molecular weight excluding hydrogens is 266 g/mol. The second kappa shape index (κ2) is 4.94. The molecule has 0 radical (unpaired) electrons. The molecule has 0 aromatic heterocycles. The molecule has 1 N–H and O–H groups in total. The van der Waals surface area contributed by atoms with Gasteiger partial charge in [-0.05, 0) is 25.0 Å². The molecule has 1 amide bonds. The van der Waals surface area contributed by atoms with Gasteiger partial charge in [0, 0.05) is 0 Å². The lowest BCUT2D eigenvalue weighted by Crippen LogP contribution is -2.64. The lowest BCUT2D eigenvalue weighted by Gasteiger charge is -2.44. The zero-order chi connectivity index (χ0) is 14.2. The van der Waals surface area contributed by atoms with Gasteiger partial charge in [-0.2, -0.15) is 0 Å². The van der Waals surface area contributed by atoms with Crippen molar-refractivity contribution in [2.24, 2.45) is 5.92 Å². The molecule has 104 valence electrons. The van der Waals surface area contributed by atoms with E-state index in [-0.39, 0.29) is 11.5 Å². The highest BCUT2D eigenvalue weighted by Crippen LogP contribution is 2.35. The molecule has 2 rings (SSSR count). The summed E-state index contributed by atoms with van der Waals surface area (Å²) in [5, 5.41) is 9.30. The Morgan fingerprint density at radius 1 is 1.32 bits per heavy atom. The molecule has 6 heteroatoms. The van der Waals surface area contributed by atoms with Gasteiger partial charge < -0.3 is 5.11 Å². The number of aryl methyl sites for hydroxylation is 1. The van der Waals surface area contributed by atoms with Gasteiger partial charge in [0.1, 0.15) is 0 Å². The van der Waals surface area contributed by atoms with Crippen LogP contribution in [0.15, 0.2) is 29.2 Å². The van der Waals surface area contributed by atoms with E-state index in [0.717, 1.165) is 4.31 Å². The van der Waals surface area contributed by atoms with Gasteiger partial charge in [-0.3, -0.25) is 4.79 Å². The van der Waals surface area contributed by atoms with Crippen LogP contribution in [0.2, 0.25) is 0 Å². The van der Waals surface area contributed by atoms with Crippen LogP contribution < -0.4 is 0 Å². The zero-order valence-electron chi connectivity index (χ0n) is 10.9. The quantitative estimate of drug-likeness (QED) is 0.834. The molecule has 2 atom stereocenters. The van der Waals surface area contributed by atoms with E-state index in [2.05, 4.69) is 0 Å². The number of nitrogens with zero attached hydrogens (tertiary/aromatic N) is 1. The SMILES string of the molecule is CC[C@@H]1C(=O)N(S(=O)(=O)c2ccccc2C)[C@@H]1CO. The van der Waals surface area contributed by atoms with E-state index < -0.39 is 27.9 Å². The highest BCUT2D eigenvalue weighted by Gasteiger charge is 2.52. The first kappa shape index (κ1) is 14.0. The number of amides is 1. The summed E-state index contributed by atoms with van der Waals surface area (Å²) >= 11 is 0. The summed E-state index contributed by atoms with van der Waals surface area (Å²) in [5.74, 6) is -0.825. The fraction of sp³-hybridized carbons (Fsp3) is 0.462. The van der Waals surface area contributed by atoms with Crippen molar-refractivity contribution in [1.82, 2.24) is 4.31 Å². The summed E-state index contributed by atoms with van der Waals surface area (Å²) < 4.78 is 25.8. The van der Waals surface area contributed by atoms with Crippen LogP contribution in [-0.2, 0) is 14.8 Å². The Morgan fingerprint density at radius 2 is 1.95 bits per heavy atom. The highest BCUT2D eigenvalue weighted by atomic mass is 32.2. The Kier molecular flexibility index (Phi) is 3.64. The first-order chi connectivity index (χ1) is 8.95. The predicted octanol–water partition coefficient (Wildman–Crippen LogP) is 0.913. The minimum Gasteiger partial charge on any atom is -0.394 e. The normalized spacial score (nSPS) is 23.3. The fourth-order valence-electron chi connectivity index (χ4n) is 2.47. The third-order valence-corrected chi connectivity index (χ3v) is 5.54. The summed E-state index contributed by atoms with van der Waals surface area (Å²) in [4.78, 5) is 12.1. The van der Waals surface area contributed by atoms with Crippen LogP contribution in [0.5, 0.6) is 0 Å². The topological polar surface area (TPSA) is 74.7 Å².